The normalized spacial score (nSPS) is 10.7. The van der Waals surface area contributed by atoms with Crippen molar-refractivity contribution in [1.82, 2.24) is 0 Å². The van der Waals surface area contributed by atoms with Crippen LogP contribution in [-0.4, -0.2) is 13.2 Å². The molecule has 0 radical (unpaired) electrons. The van der Waals surface area contributed by atoms with Crippen LogP contribution in [0.1, 0.15) is 46.2 Å². The van der Waals surface area contributed by atoms with Gasteiger partial charge >= 0.3 is 0 Å². The summed E-state index contributed by atoms with van der Waals surface area (Å²) in [7, 11) is 0. The molecule has 0 atom stereocenters. The second-order valence-electron chi connectivity index (χ2n) is 8.64. The molecule has 0 spiro atoms. The number of unbranched alkanes of at least 4 members (excludes halogenated alkanes) is 1. The fourth-order valence-electron chi connectivity index (χ4n) is 4.29. The van der Waals surface area contributed by atoms with Gasteiger partial charge in [0.25, 0.3) is 0 Å². The van der Waals surface area contributed by atoms with Gasteiger partial charge in [-0.05, 0) is 52.6 Å². The molecule has 0 unspecified atom stereocenters. The lowest BCUT2D eigenvalue weighted by molar-refractivity contribution is 0.302. The van der Waals surface area contributed by atoms with Crippen molar-refractivity contribution in [2.45, 2.75) is 32.1 Å². The lowest BCUT2D eigenvalue weighted by Crippen LogP contribution is -2.07. The Kier molecular flexibility index (Phi) is 8.62. The molecule has 0 saturated heterocycles. The van der Waals surface area contributed by atoms with Gasteiger partial charge in [-0.3, -0.25) is 0 Å². The highest BCUT2D eigenvalue weighted by molar-refractivity contribution is 5.49. The van der Waals surface area contributed by atoms with Crippen LogP contribution in [-0.2, 0) is 19.3 Å². The Labute approximate surface area is 202 Å². The monoisotopic (exact) mass is 449 g/mol. The molecule has 3 heteroatoms. The molecule has 0 aliphatic heterocycles. The van der Waals surface area contributed by atoms with Crippen LogP contribution in [0, 0.1) is 4.91 Å². The van der Waals surface area contributed by atoms with Crippen LogP contribution in [0.15, 0.2) is 108 Å². The Bertz CT molecular complexity index is 1100. The number of rotatable bonds is 12. The van der Waals surface area contributed by atoms with Crippen LogP contribution in [0.3, 0.4) is 0 Å². The molecule has 0 aliphatic rings. The Morgan fingerprint density at radius 2 is 1.03 bits per heavy atom. The van der Waals surface area contributed by atoms with Crippen LogP contribution >= 0.6 is 0 Å². The first-order valence-corrected chi connectivity index (χ1v) is 12.0. The van der Waals surface area contributed by atoms with Gasteiger partial charge in [-0.15, -0.1) is 0 Å². The van der Waals surface area contributed by atoms with E-state index in [1.807, 2.05) is 0 Å². The van der Waals surface area contributed by atoms with Gasteiger partial charge in [-0.25, -0.2) is 0 Å². The smallest absolute Gasteiger partial charge is 0.126 e. The molecular weight excluding hydrogens is 418 g/mol. The third kappa shape index (κ3) is 6.89. The maximum atomic E-state index is 10.4. The molecule has 0 heterocycles. The fraction of sp³-hybridized carbons (Fsp3) is 0.226. The van der Waals surface area contributed by atoms with Gasteiger partial charge in [-0.1, -0.05) is 108 Å². The summed E-state index contributed by atoms with van der Waals surface area (Å²) in [4.78, 5) is 10.4. The van der Waals surface area contributed by atoms with E-state index in [0.29, 0.717) is 13.2 Å². The minimum atomic E-state index is 0.340. The SMILES string of the molecule is O=NCCCCOc1c(Cc2ccccc2)cc(Cc2ccccc2)cc1Cc1ccccc1. The van der Waals surface area contributed by atoms with Crippen LogP contribution < -0.4 is 4.74 Å². The van der Waals surface area contributed by atoms with Crippen molar-refractivity contribution in [1.29, 1.82) is 0 Å². The zero-order chi connectivity index (χ0) is 23.4. The Hall–Kier alpha value is -3.72. The van der Waals surface area contributed by atoms with E-state index in [0.717, 1.165) is 37.9 Å². The van der Waals surface area contributed by atoms with Gasteiger partial charge in [0.05, 0.1) is 13.2 Å². The second-order valence-corrected chi connectivity index (χ2v) is 8.64. The highest BCUT2D eigenvalue weighted by Crippen LogP contribution is 2.31. The van der Waals surface area contributed by atoms with Crippen LogP contribution in [0.5, 0.6) is 5.75 Å². The van der Waals surface area contributed by atoms with Gasteiger partial charge in [0, 0.05) is 12.8 Å². The van der Waals surface area contributed by atoms with E-state index in [4.69, 9.17) is 4.74 Å². The zero-order valence-corrected chi connectivity index (χ0v) is 19.5. The summed E-state index contributed by atoms with van der Waals surface area (Å²) in [5, 5.41) is 2.97. The first kappa shape index (κ1) is 23.4. The summed E-state index contributed by atoms with van der Waals surface area (Å²) < 4.78 is 6.42. The summed E-state index contributed by atoms with van der Waals surface area (Å²) in [6.07, 6.45) is 4.08. The summed E-state index contributed by atoms with van der Waals surface area (Å²) in [6.45, 7) is 0.921. The summed E-state index contributed by atoms with van der Waals surface area (Å²) in [6, 6.07) is 36.3. The molecule has 0 amide bonds. The van der Waals surface area contributed by atoms with E-state index in [9.17, 15) is 4.91 Å². The Morgan fingerprint density at radius 1 is 0.559 bits per heavy atom. The minimum absolute atomic E-state index is 0.340. The lowest BCUT2D eigenvalue weighted by Gasteiger charge is -2.19. The summed E-state index contributed by atoms with van der Waals surface area (Å²) in [5.41, 5.74) is 7.53. The maximum Gasteiger partial charge on any atom is 0.126 e. The van der Waals surface area contributed by atoms with E-state index in [1.54, 1.807) is 0 Å². The van der Waals surface area contributed by atoms with E-state index in [-0.39, 0.29) is 0 Å². The van der Waals surface area contributed by atoms with Crippen molar-refractivity contribution >= 4 is 0 Å². The van der Waals surface area contributed by atoms with Crippen molar-refractivity contribution < 1.29 is 4.74 Å². The predicted molar refractivity (Wildman–Crippen MR) is 140 cm³/mol. The highest BCUT2D eigenvalue weighted by Gasteiger charge is 2.15. The quantitative estimate of drug-likeness (QED) is 0.167. The van der Waals surface area contributed by atoms with Gasteiger partial charge in [0.15, 0.2) is 0 Å². The second kappa shape index (κ2) is 12.5. The third-order valence-electron chi connectivity index (χ3n) is 5.92. The van der Waals surface area contributed by atoms with Crippen LogP contribution in [0.4, 0.5) is 0 Å². The van der Waals surface area contributed by atoms with E-state index in [1.165, 1.54) is 33.4 Å². The van der Waals surface area contributed by atoms with Crippen molar-refractivity contribution in [3.8, 4) is 5.75 Å². The van der Waals surface area contributed by atoms with Gasteiger partial charge in [0.2, 0.25) is 0 Å². The molecule has 0 aromatic heterocycles. The average molecular weight is 450 g/mol. The third-order valence-corrected chi connectivity index (χ3v) is 5.92. The molecule has 0 fully saturated rings. The lowest BCUT2D eigenvalue weighted by atomic mass is 9.92. The fourth-order valence-corrected chi connectivity index (χ4v) is 4.29. The van der Waals surface area contributed by atoms with Gasteiger partial charge in [0.1, 0.15) is 5.75 Å². The molecule has 0 aliphatic carbocycles. The number of benzene rings is 4. The molecule has 4 aromatic carbocycles. The minimum Gasteiger partial charge on any atom is -0.493 e. The molecule has 34 heavy (non-hydrogen) atoms. The molecule has 4 aromatic rings. The molecular formula is C31H31NO2. The predicted octanol–water partition coefficient (Wildman–Crippen LogP) is 7.38. The average Bonchev–Trinajstić information content (AvgIpc) is 2.87. The van der Waals surface area contributed by atoms with E-state index in [2.05, 4.69) is 108 Å². The molecule has 172 valence electrons. The number of nitroso groups, excluding NO2 is 1. The van der Waals surface area contributed by atoms with E-state index < -0.39 is 0 Å². The molecule has 0 bridgehead atoms. The van der Waals surface area contributed by atoms with Gasteiger partial charge < -0.3 is 4.74 Å². The van der Waals surface area contributed by atoms with Crippen molar-refractivity contribution in [2.24, 2.45) is 5.18 Å². The highest BCUT2D eigenvalue weighted by atomic mass is 16.5. The standard InChI is InChI=1S/C31H31NO2/c33-32-18-10-11-19-34-31-29(21-26-14-6-2-7-15-26)23-28(20-25-12-4-1-5-13-25)24-30(31)22-27-16-8-3-9-17-27/h1-9,12-17,23-24H,10-11,18-22H2. The maximum absolute atomic E-state index is 10.4. The van der Waals surface area contributed by atoms with Crippen LogP contribution in [0.25, 0.3) is 0 Å². The zero-order valence-electron chi connectivity index (χ0n) is 19.5. The Balaban J connectivity index is 1.70. The molecule has 3 nitrogen and oxygen atoms in total. The number of nitrogens with zero attached hydrogens (tertiary/aromatic N) is 1. The van der Waals surface area contributed by atoms with Crippen molar-refractivity contribution in [2.75, 3.05) is 13.2 Å². The number of ether oxygens (including phenoxy) is 1. The first-order valence-electron chi connectivity index (χ1n) is 12.0. The number of hydrogen-bond acceptors (Lipinski definition) is 3. The molecule has 4 rings (SSSR count). The van der Waals surface area contributed by atoms with Crippen molar-refractivity contribution in [3.05, 3.63) is 141 Å². The molecule has 0 N–H and O–H groups in total. The topological polar surface area (TPSA) is 38.7 Å². The molecule has 0 saturated carbocycles. The summed E-state index contributed by atoms with van der Waals surface area (Å²) >= 11 is 0. The first-order chi connectivity index (χ1) is 16.8. The van der Waals surface area contributed by atoms with E-state index >= 15 is 0 Å². The van der Waals surface area contributed by atoms with Crippen molar-refractivity contribution in [3.63, 3.8) is 0 Å². The summed E-state index contributed by atoms with van der Waals surface area (Å²) in [5.74, 6) is 0.976. The Morgan fingerprint density at radius 3 is 1.50 bits per heavy atom. The number of hydrogen-bond donors (Lipinski definition) is 0. The largest absolute Gasteiger partial charge is 0.493 e. The van der Waals surface area contributed by atoms with Crippen LogP contribution in [0.2, 0.25) is 0 Å². The van der Waals surface area contributed by atoms with Gasteiger partial charge in [-0.2, -0.15) is 4.91 Å².